The Kier molecular flexibility index (Phi) is 5.03. The molecule has 0 amide bonds. The Labute approximate surface area is 148 Å². The van der Waals surface area contributed by atoms with Crippen LogP contribution in [0, 0.1) is 10.6 Å². The van der Waals surface area contributed by atoms with Crippen molar-refractivity contribution in [1.82, 2.24) is 19.8 Å². The standard InChI is InChI=1S/C16H15ClFN5S/c1-21(10-12-4-2-6-14(18)8-12)11-22-16(24)23(20-19-22)15-7-3-5-13(17)9-15/h2-9H,10-11H2,1H3/p+1. The third-order valence-corrected chi connectivity index (χ3v) is 4.13. The third kappa shape index (κ3) is 3.87. The lowest BCUT2D eigenvalue weighted by Gasteiger charge is -2.13. The molecule has 5 nitrogen and oxygen atoms in total. The highest BCUT2D eigenvalue weighted by Crippen LogP contribution is 2.13. The number of halogens is 2. The summed E-state index contributed by atoms with van der Waals surface area (Å²) in [5.41, 5.74) is 1.68. The van der Waals surface area contributed by atoms with Crippen LogP contribution in [0.15, 0.2) is 48.5 Å². The lowest BCUT2D eigenvalue weighted by molar-refractivity contribution is -0.917. The van der Waals surface area contributed by atoms with E-state index in [1.807, 2.05) is 25.2 Å². The summed E-state index contributed by atoms with van der Waals surface area (Å²) in [5, 5.41) is 8.81. The average molecular weight is 365 g/mol. The highest BCUT2D eigenvalue weighted by molar-refractivity contribution is 7.71. The molecule has 0 bridgehead atoms. The van der Waals surface area contributed by atoms with Gasteiger partial charge in [-0.25, -0.2) is 4.39 Å². The van der Waals surface area contributed by atoms with Gasteiger partial charge in [0.1, 0.15) is 12.4 Å². The second kappa shape index (κ2) is 7.21. The smallest absolute Gasteiger partial charge is 0.225 e. The molecule has 0 aliphatic carbocycles. The lowest BCUT2D eigenvalue weighted by atomic mass is 10.2. The Morgan fingerprint density at radius 1 is 1.17 bits per heavy atom. The number of rotatable bonds is 5. The second-order valence-electron chi connectivity index (χ2n) is 5.57. The fourth-order valence-electron chi connectivity index (χ4n) is 2.45. The molecule has 0 spiro atoms. The Hall–Kier alpha value is -2.09. The van der Waals surface area contributed by atoms with Crippen LogP contribution in [0.25, 0.3) is 5.69 Å². The van der Waals surface area contributed by atoms with E-state index < -0.39 is 0 Å². The van der Waals surface area contributed by atoms with E-state index in [4.69, 9.17) is 23.8 Å². The Balaban J connectivity index is 1.75. The van der Waals surface area contributed by atoms with Gasteiger partial charge in [-0.3, -0.25) is 0 Å². The maximum Gasteiger partial charge on any atom is 0.225 e. The molecule has 8 heteroatoms. The third-order valence-electron chi connectivity index (χ3n) is 3.51. The highest BCUT2D eigenvalue weighted by atomic mass is 35.5. The first-order chi connectivity index (χ1) is 11.5. The van der Waals surface area contributed by atoms with Crippen LogP contribution in [0.2, 0.25) is 5.02 Å². The molecule has 3 aromatic rings. The van der Waals surface area contributed by atoms with Gasteiger partial charge in [0.05, 0.1) is 12.7 Å². The quantitative estimate of drug-likeness (QED) is 0.706. The highest BCUT2D eigenvalue weighted by Gasteiger charge is 2.11. The summed E-state index contributed by atoms with van der Waals surface area (Å²) in [5.74, 6) is -0.233. The van der Waals surface area contributed by atoms with Gasteiger partial charge in [0.15, 0.2) is 6.67 Å². The minimum Gasteiger partial charge on any atom is -0.315 e. The van der Waals surface area contributed by atoms with Crippen molar-refractivity contribution in [3.63, 3.8) is 0 Å². The van der Waals surface area contributed by atoms with Crippen molar-refractivity contribution in [3.8, 4) is 5.69 Å². The molecule has 2 aromatic carbocycles. The van der Waals surface area contributed by atoms with Gasteiger partial charge in [-0.05, 0) is 53.0 Å². The van der Waals surface area contributed by atoms with E-state index in [2.05, 4.69) is 10.4 Å². The van der Waals surface area contributed by atoms with Gasteiger partial charge in [-0.15, -0.1) is 0 Å². The fraction of sp³-hybridized carbons (Fsp3) is 0.188. The zero-order chi connectivity index (χ0) is 17.1. The summed E-state index contributed by atoms with van der Waals surface area (Å²) < 4.78 is 17.0. The molecule has 0 saturated carbocycles. The first-order valence-electron chi connectivity index (χ1n) is 7.37. The van der Waals surface area contributed by atoms with Crippen molar-refractivity contribution in [2.24, 2.45) is 0 Å². The Morgan fingerprint density at radius 2 is 1.96 bits per heavy atom. The molecule has 0 aliphatic heterocycles. The van der Waals surface area contributed by atoms with Crippen LogP contribution in [0.3, 0.4) is 0 Å². The molecule has 3 rings (SSSR count). The van der Waals surface area contributed by atoms with Crippen molar-refractivity contribution < 1.29 is 9.29 Å². The number of quaternary nitrogens is 1. The molecule has 1 heterocycles. The SMILES string of the molecule is C[NH+](Cc1cccc(F)c1)Cn1nnn(-c2cccc(Cl)c2)c1=S. The van der Waals surface area contributed by atoms with Crippen LogP contribution in [0.1, 0.15) is 5.56 Å². The monoisotopic (exact) mass is 364 g/mol. The molecule has 0 fully saturated rings. The molecule has 1 unspecified atom stereocenters. The molecular weight excluding hydrogens is 349 g/mol. The molecule has 124 valence electrons. The fourth-order valence-corrected chi connectivity index (χ4v) is 2.88. The van der Waals surface area contributed by atoms with Crippen LogP contribution in [0.5, 0.6) is 0 Å². The van der Waals surface area contributed by atoms with Gasteiger partial charge >= 0.3 is 0 Å². The summed E-state index contributed by atoms with van der Waals surface area (Å²) in [6, 6.07) is 13.8. The van der Waals surface area contributed by atoms with Crippen LogP contribution < -0.4 is 4.90 Å². The van der Waals surface area contributed by atoms with Crippen molar-refractivity contribution in [2.75, 3.05) is 7.05 Å². The van der Waals surface area contributed by atoms with E-state index in [1.165, 1.54) is 12.1 Å². The van der Waals surface area contributed by atoms with E-state index in [1.54, 1.807) is 27.6 Å². The first-order valence-corrected chi connectivity index (χ1v) is 8.16. The molecule has 24 heavy (non-hydrogen) atoms. The number of aromatic nitrogens is 4. The summed E-state index contributed by atoms with van der Waals surface area (Å²) in [6.45, 7) is 1.18. The summed E-state index contributed by atoms with van der Waals surface area (Å²) in [6.07, 6.45) is 0. The predicted octanol–water partition coefficient (Wildman–Crippen LogP) is 2.26. The van der Waals surface area contributed by atoms with Gasteiger partial charge < -0.3 is 4.90 Å². The second-order valence-corrected chi connectivity index (χ2v) is 6.38. The number of nitrogens with one attached hydrogen (secondary N) is 1. The number of hydrogen-bond donors (Lipinski definition) is 1. The van der Waals surface area contributed by atoms with E-state index in [0.29, 0.717) is 23.0 Å². The molecule has 1 aromatic heterocycles. The van der Waals surface area contributed by atoms with E-state index in [-0.39, 0.29) is 5.82 Å². The molecule has 0 saturated heterocycles. The maximum atomic E-state index is 13.3. The minimum absolute atomic E-state index is 0.233. The van der Waals surface area contributed by atoms with Crippen LogP contribution in [0.4, 0.5) is 4.39 Å². The minimum atomic E-state index is -0.233. The van der Waals surface area contributed by atoms with Crippen molar-refractivity contribution in [2.45, 2.75) is 13.2 Å². The number of hydrogen-bond acceptors (Lipinski definition) is 3. The maximum absolute atomic E-state index is 13.3. The number of benzene rings is 2. The normalized spacial score (nSPS) is 12.3. The lowest BCUT2D eigenvalue weighted by Crippen LogP contribution is -3.07. The van der Waals surface area contributed by atoms with Crippen molar-refractivity contribution >= 4 is 23.8 Å². The molecule has 1 atom stereocenters. The van der Waals surface area contributed by atoms with E-state index in [0.717, 1.165) is 16.2 Å². The van der Waals surface area contributed by atoms with E-state index in [9.17, 15) is 4.39 Å². The molecule has 0 aliphatic rings. The van der Waals surface area contributed by atoms with Crippen LogP contribution >= 0.6 is 23.8 Å². The zero-order valence-corrected chi connectivity index (χ0v) is 14.6. The Bertz CT molecular complexity index is 907. The topological polar surface area (TPSA) is 40.1 Å². The van der Waals surface area contributed by atoms with Crippen molar-refractivity contribution in [3.05, 3.63) is 69.7 Å². The van der Waals surface area contributed by atoms with E-state index >= 15 is 0 Å². The first kappa shape index (κ1) is 16.8. The zero-order valence-electron chi connectivity index (χ0n) is 13.0. The summed E-state index contributed by atoms with van der Waals surface area (Å²) in [4.78, 5) is 1.11. The molecular formula is C16H16ClFN5S+. The van der Waals surface area contributed by atoms with Gasteiger partial charge in [-0.1, -0.05) is 29.8 Å². The Morgan fingerprint density at radius 3 is 2.71 bits per heavy atom. The van der Waals surface area contributed by atoms with Gasteiger partial charge in [-0.2, -0.15) is 9.36 Å². The summed E-state index contributed by atoms with van der Waals surface area (Å²) in [7, 11) is 1.99. The van der Waals surface area contributed by atoms with Crippen LogP contribution in [-0.2, 0) is 13.2 Å². The predicted molar refractivity (Wildman–Crippen MR) is 92.2 cm³/mol. The van der Waals surface area contributed by atoms with Crippen molar-refractivity contribution in [1.29, 1.82) is 0 Å². The number of nitrogens with zero attached hydrogens (tertiary/aromatic N) is 4. The van der Waals surface area contributed by atoms with Gasteiger partial charge in [0.2, 0.25) is 4.77 Å². The molecule has 0 radical (unpaired) electrons. The average Bonchev–Trinajstić information content (AvgIpc) is 2.88. The van der Waals surface area contributed by atoms with Gasteiger partial charge in [0.25, 0.3) is 0 Å². The van der Waals surface area contributed by atoms with Gasteiger partial charge in [0, 0.05) is 10.6 Å². The largest absolute Gasteiger partial charge is 0.315 e. The van der Waals surface area contributed by atoms with Crippen LogP contribution in [-0.4, -0.2) is 26.8 Å². The number of tetrazole rings is 1. The molecule has 1 N–H and O–H groups in total. The summed E-state index contributed by atoms with van der Waals surface area (Å²) >= 11 is 11.4.